The van der Waals surface area contributed by atoms with Gasteiger partial charge in [0.15, 0.2) is 0 Å². The Morgan fingerprint density at radius 1 is 1.18 bits per heavy atom. The molecule has 0 aliphatic heterocycles. The molecule has 0 heterocycles. The Morgan fingerprint density at radius 3 is 2.45 bits per heavy atom. The molecule has 0 aliphatic rings. The zero-order valence-electron chi connectivity index (χ0n) is 7.68. The van der Waals surface area contributed by atoms with Crippen LogP contribution >= 0.6 is 0 Å². The second-order valence-electron chi connectivity index (χ2n) is 2.91. The van der Waals surface area contributed by atoms with Crippen molar-refractivity contribution in [3.05, 3.63) is 0 Å². The molecule has 0 rings (SSSR count). The highest BCUT2D eigenvalue weighted by Gasteiger charge is 1.90. The van der Waals surface area contributed by atoms with Gasteiger partial charge in [-0.3, -0.25) is 0 Å². The standard InChI is InChI=1S/C8H20N2O/c1-10(2)6-8-11-7-4-3-5-9/h3-9H2,1-2H3. The summed E-state index contributed by atoms with van der Waals surface area (Å²) in [5, 5.41) is 0. The van der Waals surface area contributed by atoms with Crippen molar-refractivity contribution in [2.24, 2.45) is 5.73 Å². The minimum Gasteiger partial charge on any atom is -0.380 e. The number of nitrogens with zero attached hydrogens (tertiary/aromatic N) is 1. The summed E-state index contributed by atoms with van der Waals surface area (Å²) in [4.78, 5) is 2.11. The Kier molecular flexibility index (Phi) is 7.89. The first-order chi connectivity index (χ1) is 5.27. The summed E-state index contributed by atoms with van der Waals surface area (Å²) >= 11 is 0. The molecule has 0 saturated heterocycles. The summed E-state index contributed by atoms with van der Waals surface area (Å²) in [6.07, 6.45) is 2.16. The fraction of sp³-hybridized carbons (Fsp3) is 1.00. The number of rotatable bonds is 7. The lowest BCUT2D eigenvalue weighted by Gasteiger charge is -2.09. The van der Waals surface area contributed by atoms with Crippen molar-refractivity contribution in [2.45, 2.75) is 12.8 Å². The van der Waals surface area contributed by atoms with Gasteiger partial charge >= 0.3 is 0 Å². The van der Waals surface area contributed by atoms with Crippen LogP contribution in [0.2, 0.25) is 0 Å². The molecular weight excluding hydrogens is 140 g/mol. The Labute approximate surface area is 69.5 Å². The van der Waals surface area contributed by atoms with E-state index in [9.17, 15) is 0 Å². The SMILES string of the molecule is CN(C)CCOCCCCN. The Morgan fingerprint density at radius 2 is 1.91 bits per heavy atom. The van der Waals surface area contributed by atoms with Crippen molar-refractivity contribution in [3.8, 4) is 0 Å². The van der Waals surface area contributed by atoms with Crippen molar-refractivity contribution in [2.75, 3.05) is 40.4 Å². The van der Waals surface area contributed by atoms with E-state index in [-0.39, 0.29) is 0 Å². The molecule has 0 saturated carbocycles. The molecule has 3 nitrogen and oxygen atoms in total. The molecule has 2 N–H and O–H groups in total. The van der Waals surface area contributed by atoms with Gasteiger partial charge in [0.1, 0.15) is 0 Å². The first kappa shape index (κ1) is 10.9. The molecule has 0 aromatic heterocycles. The minimum absolute atomic E-state index is 0.775. The van der Waals surface area contributed by atoms with Gasteiger partial charge in [-0.25, -0.2) is 0 Å². The molecule has 11 heavy (non-hydrogen) atoms. The number of nitrogens with two attached hydrogens (primary N) is 1. The van der Waals surface area contributed by atoms with Gasteiger partial charge in [0.25, 0.3) is 0 Å². The lowest BCUT2D eigenvalue weighted by molar-refractivity contribution is 0.115. The molecule has 0 aliphatic carbocycles. The molecular formula is C8H20N2O. The van der Waals surface area contributed by atoms with E-state index in [1.54, 1.807) is 0 Å². The molecule has 3 heteroatoms. The van der Waals surface area contributed by atoms with Gasteiger partial charge in [-0.15, -0.1) is 0 Å². The van der Waals surface area contributed by atoms with Gasteiger partial charge in [-0.2, -0.15) is 0 Å². The molecule has 0 bridgehead atoms. The average molecular weight is 160 g/mol. The van der Waals surface area contributed by atoms with Gasteiger partial charge in [0, 0.05) is 13.2 Å². The van der Waals surface area contributed by atoms with Crippen molar-refractivity contribution in [3.63, 3.8) is 0 Å². The fourth-order valence-corrected chi connectivity index (χ4v) is 0.698. The van der Waals surface area contributed by atoms with Gasteiger partial charge in [-0.05, 0) is 33.5 Å². The lowest BCUT2D eigenvalue weighted by Crippen LogP contribution is -2.18. The molecule has 68 valence electrons. The Bertz CT molecular complexity index is 76.5. The minimum atomic E-state index is 0.775. The first-order valence-electron chi connectivity index (χ1n) is 4.20. The normalized spacial score (nSPS) is 10.9. The van der Waals surface area contributed by atoms with Crippen LogP contribution in [0.1, 0.15) is 12.8 Å². The largest absolute Gasteiger partial charge is 0.380 e. The van der Waals surface area contributed by atoms with Crippen LogP contribution in [0.3, 0.4) is 0 Å². The maximum absolute atomic E-state index is 5.35. The van der Waals surface area contributed by atoms with Crippen molar-refractivity contribution in [1.82, 2.24) is 4.90 Å². The number of hydrogen-bond acceptors (Lipinski definition) is 3. The number of unbranched alkanes of at least 4 members (excludes halogenated alkanes) is 1. The van der Waals surface area contributed by atoms with E-state index in [4.69, 9.17) is 10.5 Å². The fourth-order valence-electron chi connectivity index (χ4n) is 0.698. The van der Waals surface area contributed by atoms with Gasteiger partial charge < -0.3 is 15.4 Å². The van der Waals surface area contributed by atoms with Gasteiger partial charge in [0.2, 0.25) is 0 Å². The number of hydrogen-bond donors (Lipinski definition) is 1. The van der Waals surface area contributed by atoms with Crippen LogP contribution in [0.5, 0.6) is 0 Å². The lowest BCUT2D eigenvalue weighted by atomic mass is 10.3. The quantitative estimate of drug-likeness (QED) is 0.544. The van der Waals surface area contributed by atoms with E-state index in [1.807, 2.05) is 14.1 Å². The van der Waals surface area contributed by atoms with Crippen molar-refractivity contribution in [1.29, 1.82) is 0 Å². The molecule has 0 unspecified atom stereocenters. The van der Waals surface area contributed by atoms with Crippen LogP contribution in [-0.2, 0) is 4.74 Å². The number of likely N-dealkylation sites (N-methyl/N-ethyl adjacent to an activating group) is 1. The van der Waals surface area contributed by atoms with E-state index in [0.29, 0.717) is 0 Å². The van der Waals surface area contributed by atoms with Crippen molar-refractivity contribution >= 4 is 0 Å². The second-order valence-corrected chi connectivity index (χ2v) is 2.91. The van der Waals surface area contributed by atoms with E-state index >= 15 is 0 Å². The zero-order valence-corrected chi connectivity index (χ0v) is 7.68. The van der Waals surface area contributed by atoms with Crippen LogP contribution < -0.4 is 5.73 Å². The van der Waals surface area contributed by atoms with Crippen LogP contribution in [0.25, 0.3) is 0 Å². The highest BCUT2D eigenvalue weighted by atomic mass is 16.5. The molecule has 0 aromatic carbocycles. The zero-order chi connectivity index (χ0) is 8.53. The van der Waals surface area contributed by atoms with E-state index in [2.05, 4.69) is 4.90 Å². The van der Waals surface area contributed by atoms with Crippen LogP contribution in [0.4, 0.5) is 0 Å². The third-order valence-electron chi connectivity index (χ3n) is 1.43. The predicted molar refractivity (Wildman–Crippen MR) is 47.7 cm³/mol. The monoisotopic (exact) mass is 160 g/mol. The topological polar surface area (TPSA) is 38.5 Å². The first-order valence-corrected chi connectivity index (χ1v) is 4.20. The van der Waals surface area contributed by atoms with Gasteiger partial charge in [-0.1, -0.05) is 0 Å². The molecule has 0 atom stereocenters. The van der Waals surface area contributed by atoms with Crippen LogP contribution in [0, 0.1) is 0 Å². The highest BCUT2D eigenvalue weighted by Crippen LogP contribution is 1.87. The summed E-state index contributed by atoms with van der Waals surface area (Å²) in [5.74, 6) is 0. The number of ether oxygens (including phenoxy) is 1. The van der Waals surface area contributed by atoms with E-state index in [1.165, 1.54) is 0 Å². The summed E-state index contributed by atoms with van der Waals surface area (Å²) < 4.78 is 5.35. The smallest absolute Gasteiger partial charge is 0.0593 e. The van der Waals surface area contributed by atoms with Crippen molar-refractivity contribution < 1.29 is 4.74 Å². The van der Waals surface area contributed by atoms with Crippen LogP contribution in [-0.4, -0.2) is 45.3 Å². The van der Waals surface area contributed by atoms with E-state index < -0.39 is 0 Å². The predicted octanol–water partition coefficient (Wildman–Crippen LogP) is 0.304. The molecule has 0 amide bonds. The third kappa shape index (κ3) is 9.88. The van der Waals surface area contributed by atoms with E-state index in [0.717, 1.165) is 39.1 Å². The van der Waals surface area contributed by atoms with Gasteiger partial charge in [0.05, 0.1) is 6.61 Å². The molecule has 0 spiro atoms. The molecule has 0 aromatic rings. The maximum atomic E-state index is 5.35. The highest BCUT2D eigenvalue weighted by molar-refractivity contribution is 4.42. The maximum Gasteiger partial charge on any atom is 0.0593 e. The third-order valence-corrected chi connectivity index (χ3v) is 1.43. The second kappa shape index (κ2) is 7.98. The Hall–Kier alpha value is -0.120. The summed E-state index contributed by atoms with van der Waals surface area (Å²) in [5.41, 5.74) is 5.33. The summed E-state index contributed by atoms with van der Waals surface area (Å²) in [6, 6.07) is 0. The summed E-state index contributed by atoms with van der Waals surface area (Å²) in [6.45, 7) is 3.46. The summed E-state index contributed by atoms with van der Waals surface area (Å²) in [7, 11) is 4.09. The Balaban J connectivity index is 2.80. The average Bonchev–Trinajstić information content (AvgIpc) is 1.96. The molecule has 0 radical (unpaired) electrons. The van der Waals surface area contributed by atoms with Crippen LogP contribution in [0.15, 0.2) is 0 Å². The molecule has 0 fully saturated rings.